The van der Waals surface area contributed by atoms with Gasteiger partial charge < -0.3 is 22.6 Å². The summed E-state index contributed by atoms with van der Waals surface area (Å²) in [5.41, 5.74) is 3.39. The molecule has 0 radical (unpaired) electrons. The van der Waals surface area contributed by atoms with Crippen molar-refractivity contribution < 1.29 is 17.2 Å². The lowest BCUT2D eigenvalue weighted by Gasteiger charge is -2.19. The first-order valence-electron chi connectivity index (χ1n) is 8.27. The highest BCUT2D eigenvalue weighted by atomic mass is 35.5. The Morgan fingerprint density at radius 1 is 1.07 bits per heavy atom. The van der Waals surface area contributed by atoms with E-state index in [0.29, 0.717) is 16.3 Å². The molecule has 0 fully saturated rings. The van der Waals surface area contributed by atoms with Crippen LogP contribution in [-0.2, 0) is 5.41 Å². The molecule has 0 atom stereocenters. The fourth-order valence-corrected chi connectivity index (χ4v) is 2.76. The highest BCUT2D eigenvalue weighted by Crippen LogP contribution is 2.26. The molecule has 0 aromatic heterocycles. The molecule has 2 N–H and O–H groups in total. The predicted octanol–water partition coefficient (Wildman–Crippen LogP) is 1.83. The van der Waals surface area contributed by atoms with Crippen molar-refractivity contribution in [3.05, 3.63) is 58.6 Å². The number of anilines is 2. The van der Waals surface area contributed by atoms with Crippen LogP contribution in [0.2, 0.25) is 5.02 Å². The Hall–Kier alpha value is -1.82. The van der Waals surface area contributed by atoms with Crippen molar-refractivity contribution in [3.8, 4) is 0 Å². The third kappa shape index (κ3) is 6.38. The lowest BCUT2D eigenvalue weighted by Crippen LogP contribution is -3.00. The smallest absolute Gasteiger partial charge is 0.257 e. The number of benzene rings is 2. The van der Waals surface area contributed by atoms with Gasteiger partial charge in [0.15, 0.2) is 5.11 Å². The first-order valence-corrected chi connectivity index (χ1v) is 9.06. The van der Waals surface area contributed by atoms with Crippen molar-refractivity contribution in [2.45, 2.75) is 26.2 Å². The molecule has 0 aliphatic rings. The average molecular weight is 425 g/mol. The number of nitrogens with one attached hydrogen (secondary N) is 2. The third-order valence-corrected chi connectivity index (χ3v) is 4.47. The number of rotatable bonds is 3. The number of hydrogen-bond acceptors (Lipinski definition) is 3. The summed E-state index contributed by atoms with van der Waals surface area (Å²) in [5, 5.41) is 6.37. The molecule has 0 saturated heterocycles. The third-order valence-electron chi connectivity index (χ3n) is 3.96. The average Bonchev–Trinajstić information content (AvgIpc) is 2.55. The molecule has 0 bridgehead atoms. The molecule has 1 amide bonds. The van der Waals surface area contributed by atoms with E-state index in [1.54, 1.807) is 12.1 Å². The molecule has 4 nitrogen and oxygen atoms in total. The number of nitrogens with zero attached hydrogens (tertiary/aromatic N) is 1. The SMILES string of the molecule is CN(C)c1ccc(NC(=S)NC(=O)c2ccc(C(C)(C)C)cc2)c(Cl)c1.[Cl-]. The molecule has 0 aliphatic carbocycles. The molecule has 7 heteroatoms. The van der Waals surface area contributed by atoms with Gasteiger partial charge in [-0.2, -0.15) is 0 Å². The maximum absolute atomic E-state index is 12.4. The van der Waals surface area contributed by atoms with Gasteiger partial charge in [0.25, 0.3) is 5.91 Å². The second-order valence-electron chi connectivity index (χ2n) is 7.29. The van der Waals surface area contributed by atoms with Crippen LogP contribution in [0.3, 0.4) is 0 Å². The fraction of sp³-hybridized carbons (Fsp3) is 0.300. The maximum atomic E-state index is 12.4. The van der Waals surface area contributed by atoms with Gasteiger partial charge in [-0.1, -0.05) is 44.5 Å². The van der Waals surface area contributed by atoms with Gasteiger partial charge in [-0.25, -0.2) is 0 Å². The fourth-order valence-electron chi connectivity index (χ4n) is 2.33. The van der Waals surface area contributed by atoms with Gasteiger partial charge >= 0.3 is 0 Å². The van der Waals surface area contributed by atoms with E-state index < -0.39 is 0 Å². The zero-order valence-corrected chi connectivity index (χ0v) is 18.4. The molecule has 146 valence electrons. The van der Waals surface area contributed by atoms with Gasteiger partial charge in [0.2, 0.25) is 0 Å². The van der Waals surface area contributed by atoms with Gasteiger partial charge in [-0.05, 0) is 53.5 Å². The minimum absolute atomic E-state index is 0. The van der Waals surface area contributed by atoms with Crippen LogP contribution in [0, 0.1) is 0 Å². The summed E-state index contributed by atoms with van der Waals surface area (Å²) in [6.07, 6.45) is 0. The van der Waals surface area contributed by atoms with E-state index in [1.807, 2.05) is 49.3 Å². The molecule has 0 heterocycles. The molecular formula is C20H24Cl2N3OS-. The minimum Gasteiger partial charge on any atom is -1.00 e. The van der Waals surface area contributed by atoms with E-state index in [0.717, 1.165) is 5.69 Å². The number of amides is 1. The predicted molar refractivity (Wildman–Crippen MR) is 115 cm³/mol. The largest absolute Gasteiger partial charge is 1.00 e. The van der Waals surface area contributed by atoms with E-state index in [-0.39, 0.29) is 28.8 Å². The van der Waals surface area contributed by atoms with Crippen LogP contribution in [-0.4, -0.2) is 25.1 Å². The van der Waals surface area contributed by atoms with Crippen molar-refractivity contribution in [1.82, 2.24) is 5.32 Å². The van der Waals surface area contributed by atoms with Crippen LogP contribution in [0.1, 0.15) is 36.7 Å². The molecular weight excluding hydrogens is 401 g/mol. The highest BCUT2D eigenvalue weighted by molar-refractivity contribution is 7.80. The molecule has 2 aromatic rings. The summed E-state index contributed by atoms with van der Waals surface area (Å²) in [5.74, 6) is -0.260. The zero-order valence-electron chi connectivity index (χ0n) is 16.1. The number of halogens is 2. The van der Waals surface area contributed by atoms with Crippen LogP contribution in [0.5, 0.6) is 0 Å². The molecule has 0 saturated carbocycles. The van der Waals surface area contributed by atoms with E-state index in [9.17, 15) is 4.79 Å². The molecule has 2 aromatic carbocycles. The summed E-state index contributed by atoms with van der Waals surface area (Å²) in [4.78, 5) is 14.3. The molecule has 0 spiro atoms. The second-order valence-corrected chi connectivity index (χ2v) is 8.11. The topological polar surface area (TPSA) is 44.4 Å². The standard InChI is InChI=1S/C20H24ClN3OS.ClH/c1-20(2,3)14-8-6-13(7-9-14)18(25)23-19(26)22-17-11-10-15(24(4)5)12-16(17)21;/h6-12H,1-5H3,(H2,22,23,25,26);1H/p-1. The van der Waals surface area contributed by atoms with Gasteiger partial charge in [0.05, 0.1) is 10.7 Å². The summed E-state index contributed by atoms with van der Waals surface area (Å²) in [6, 6.07) is 13.1. The summed E-state index contributed by atoms with van der Waals surface area (Å²) in [7, 11) is 3.88. The Bertz CT molecular complexity index is 815. The zero-order chi connectivity index (χ0) is 19.5. The van der Waals surface area contributed by atoms with Crippen molar-refractivity contribution >= 4 is 46.2 Å². The van der Waals surface area contributed by atoms with Crippen LogP contribution >= 0.6 is 23.8 Å². The van der Waals surface area contributed by atoms with Gasteiger partial charge in [0.1, 0.15) is 0 Å². The summed E-state index contributed by atoms with van der Waals surface area (Å²) >= 11 is 11.5. The molecule has 0 unspecified atom stereocenters. The number of carbonyl (C=O) groups excluding carboxylic acids is 1. The van der Waals surface area contributed by atoms with Crippen molar-refractivity contribution in [3.63, 3.8) is 0 Å². The number of thiocarbonyl (C=S) groups is 1. The highest BCUT2D eigenvalue weighted by Gasteiger charge is 2.15. The normalized spacial score (nSPS) is 10.6. The Balaban J connectivity index is 0.00000364. The van der Waals surface area contributed by atoms with E-state index in [2.05, 4.69) is 31.4 Å². The van der Waals surface area contributed by atoms with Crippen LogP contribution in [0.4, 0.5) is 11.4 Å². The summed E-state index contributed by atoms with van der Waals surface area (Å²) < 4.78 is 0. The van der Waals surface area contributed by atoms with Crippen molar-refractivity contribution in [1.29, 1.82) is 0 Å². The first-order chi connectivity index (χ1) is 12.1. The van der Waals surface area contributed by atoms with Crippen LogP contribution in [0.25, 0.3) is 0 Å². The van der Waals surface area contributed by atoms with Gasteiger partial charge in [0, 0.05) is 25.3 Å². The monoisotopic (exact) mass is 424 g/mol. The maximum Gasteiger partial charge on any atom is 0.257 e. The van der Waals surface area contributed by atoms with Crippen LogP contribution in [0.15, 0.2) is 42.5 Å². The Kier molecular flexibility index (Phi) is 8.08. The quantitative estimate of drug-likeness (QED) is 0.737. The van der Waals surface area contributed by atoms with E-state index in [4.69, 9.17) is 23.8 Å². The Morgan fingerprint density at radius 3 is 2.15 bits per heavy atom. The van der Waals surface area contributed by atoms with Crippen molar-refractivity contribution in [2.24, 2.45) is 0 Å². The van der Waals surface area contributed by atoms with Crippen molar-refractivity contribution in [2.75, 3.05) is 24.3 Å². The molecule has 2 rings (SSSR count). The van der Waals surface area contributed by atoms with Gasteiger partial charge in [-0.3, -0.25) is 10.1 Å². The Morgan fingerprint density at radius 2 is 1.67 bits per heavy atom. The van der Waals surface area contributed by atoms with Crippen LogP contribution < -0.4 is 27.9 Å². The summed E-state index contributed by atoms with van der Waals surface area (Å²) in [6.45, 7) is 6.39. The second kappa shape index (κ2) is 9.40. The Labute approximate surface area is 177 Å². The van der Waals surface area contributed by atoms with E-state index >= 15 is 0 Å². The number of hydrogen-bond donors (Lipinski definition) is 2. The lowest BCUT2D eigenvalue weighted by atomic mass is 9.87. The van der Waals surface area contributed by atoms with E-state index in [1.165, 1.54) is 5.56 Å². The number of carbonyl (C=O) groups is 1. The first kappa shape index (κ1) is 23.2. The van der Waals surface area contributed by atoms with Gasteiger partial charge in [-0.15, -0.1) is 0 Å². The molecule has 27 heavy (non-hydrogen) atoms. The lowest BCUT2D eigenvalue weighted by molar-refractivity contribution is -0.0000139. The molecule has 0 aliphatic heterocycles. The minimum atomic E-state index is -0.260.